The maximum absolute atomic E-state index is 11.4. The number of hydrogen-bond donors (Lipinski definition) is 0. The maximum Gasteiger partial charge on any atom is 0.305 e. The predicted molar refractivity (Wildman–Crippen MR) is 87.5 cm³/mol. The molecule has 2 aromatic carbocycles. The van der Waals surface area contributed by atoms with E-state index in [1.165, 1.54) is 12.5 Å². The molecule has 2 aromatic rings. The van der Waals surface area contributed by atoms with E-state index >= 15 is 0 Å². The molecule has 2 atom stereocenters. The third-order valence-corrected chi connectivity index (χ3v) is 3.96. The van der Waals surface area contributed by atoms with E-state index in [9.17, 15) is 4.79 Å². The molecule has 1 fully saturated rings. The van der Waals surface area contributed by atoms with E-state index in [2.05, 4.69) is 17.0 Å². The van der Waals surface area contributed by atoms with Gasteiger partial charge >= 0.3 is 5.97 Å². The molecule has 1 heterocycles. The quantitative estimate of drug-likeness (QED) is 0.813. The molecular formula is C19H21NO3. The molecule has 4 heteroatoms. The number of rotatable bonds is 4. The smallest absolute Gasteiger partial charge is 0.305 e. The van der Waals surface area contributed by atoms with Gasteiger partial charge in [0.15, 0.2) is 0 Å². The van der Waals surface area contributed by atoms with Gasteiger partial charge in [0.05, 0.1) is 12.6 Å². The summed E-state index contributed by atoms with van der Waals surface area (Å²) in [6.45, 7) is 3.56. The van der Waals surface area contributed by atoms with Crippen molar-refractivity contribution in [2.24, 2.45) is 0 Å². The summed E-state index contributed by atoms with van der Waals surface area (Å²) >= 11 is 0. The predicted octanol–water partition coefficient (Wildman–Crippen LogP) is 3.15. The summed E-state index contributed by atoms with van der Waals surface area (Å²) in [6, 6.07) is 20.3. The maximum atomic E-state index is 11.4. The number of nitrogens with zero attached hydrogens (tertiary/aromatic N) is 1. The van der Waals surface area contributed by atoms with Gasteiger partial charge in [-0.1, -0.05) is 60.7 Å². The third kappa shape index (κ3) is 3.97. The van der Waals surface area contributed by atoms with Gasteiger partial charge < -0.3 is 9.47 Å². The first-order valence-corrected chi connectivity index (χ1v) is 7.86. The molecule has 0 unspecified atom stereocenters. The number of carbonyl (C=O) groups is 1. The van der Waals surface area contributed by atoms with Crippen LogP contribution in [0, 0.1) is 0 Å². The Morgan fingerprint density at radius 3 is 2.43 bits per heavy atom. The second-order valence-corrected chi connectivity index (χ2v) is 5.66. The van der Waals surface area contributed by atoms with Gasteiger partial charge in [-0.05, 0) is 11.1 Å². The van der Waals surface area contributed by atoms with Gasteiger partial charge in [0.25, 0.3) is 0 Å². The fourth-order valence-electron chi connectivity index (χ4n) is 2.96. The van der Waals surface area contributed by atoms with Gasteiger partial charge in [-0.15, -0.1) is 0 Å². The normalized spacial score (nSPS) is 21.8. The van der Waals surface area contributed by atoms with Crippen molar-refractivity contribution >= 4 is 5.97 Å². The highest BCUT2D eigenvalue weighted by molar-refractivity contribution is 5.66. The molecule has 1 aliphatic rings. The van der Waals surface area contributed by atoms with E-state index < -0.39 is 6.29 Å². The van der Waals surface area contributed by atoms with Crippen LogP contribution in [0.25, 0.3) is 0 Å². The number of carbonyl (C=O) groups excluding carboxylic acids is 1. The highest BCUT2D eigenvalue weighted by atomic mass is 16.7. The van der Waals surface area contributed by atoms with Crippen LogP contribution in [-0.4, -0.2) is 30.3 Å². The lowest BCUT2D eigenvalue weighted by atomic mass is 10.0. The summed E-state index contributed by atoms with van der Waals surface area (Å²) in [7, 11) is 0. The van der Waals surface area contributed by atoms with Crippen LogP contribution in [0.1, 0.15) is 24.1 Å². The Morgan fingerprint density at radius 1 is 1.13 bits per heavy atom. The number of ether oxygens (including phenoxy) is 2. The van der Waals surface area contributed by atoms with E-state index in [-0.39, 0.29) is 12.0 Å². The van der Waals surface area contributed by atoms with Crippen LogP contribution in [0.3, 0.4) is 0 Å². The van der Waals surface area contributed by atoms with Crippen molar-refractivity contribution in [3.63, 3.8) is 0 Å². The minimum atomic E-state index is -0.577. The summed E-state index contributed by atoms with van der Waals surface area (Å²) in [5.41, 5.74) is 2.33. The minimum Gasteiger partial charge on any atom is -0.434 e. The molecule has 0 amide bonds. The average molecular weight is 311 g/mol. The fraction of sp³-hybridized carbons (Fsp3) is 0.316. The molecule has 0 N–H and O–H groups in total. The molecule has 3 rings (SSSR count). The number of morpholine rings is 1. The summed E-state index contributed by atoms with van der Waals surface area (Å²) in [5, 5.41) is 0. The summed E-state index contributed by atoms with van der Waals surface area (Å²) < 4.78 is 11.2. The summed E-state index contributed by atoms with van der Waals surface area (Å²) in [6.07, 6.45) is -0.577. The summed E-state index contributed by atoms with van der Waals surface area (Å²) in [5.74, 6) is -0.322. The number of esters is 1. The van der Waals surface area contributed by atoms with Crippen LogP contribution >= 0.6 is 0 Å². The monoisotopic (exact) mass is 311 g/mol. The van der Waals surface area contributed by atoms with Crippen LogP contribution in [0.5, 0.6) is 0 Å². The Morgan fingerprint density at radius 2 is 1.78 bits per heavy atom. The van der Waals surface area contributed by atoms with Crippen LogP contribution in [0.15, 0.2) is 60.7 Å². The molecule has 23 heavy (non-hydrogen) atoms. The molecule has 0 spiro atoms. The van der Waals surface area contributed by atoms with Crippen LogP contribution < -0.4 is 0 Å². The molecule has 120 valence electrons. The minimum absolute atomic E-state index is 0.103. The molecule has 0 radical (unpaired) electrons. The lowest BCUT2D eigenvalue weighted by molar-refractivity contribution is -0.213. The molecule has 0 aliphatic carbocycles. The van der Waals surface area contributed by atoms with Crippen molar-refractivity contribution in [3.05, 3.63) is 71.8 Å². The largest absolute Gasteiger partial charge is 0.434 e. The van der Waals surface area contributed by atoms with Crippen molar-refractivity contribution in [1.29, 1.82) is 0 Å². The summed E-state index contributed by atoms with van der Waals surface area (Å²) in [4.78, 5) is 13.7. The Labute approximate surface area is 136 Å². The first-order chi connectivity index (χ1) is 11.2. The van der Waals surface area contributed by atoms with E-state index in [1.807, 2.05) is 48.5 Å². The molecule has 1 aliphatic heterocycles. The fourth-order valence-corrected chi connectivity index (χ4v) is 2.96. The lowest BCUT2D eigenvalue weighted by Crippen LogP contribution is -2.46. The lowest BCUT2D eigenvalue weighted by Gasteiger charge is -2.40. The van der Waals surface area contributed by atoms with E-state index in [0.717, 1.165) is 18.7 Å². The van der Waals surface area contributed by atoms with Gasteiger partial charge in [0.2, 0.25) is 6.29 Å². The zero-order valence-electron chi connectivity index (χ0n) is 13.2. The van der Waals surface area contributed by atoms with Crippen molar-refractivity contribution in [3.8, 4) is 0 Å². The molecule has 0 aromatic heterocycles. The van der Waals surface area contributed by atoms with E-state index in [1.54, 1.807) is 0 Å². The molecule has 1 saturated heterocycles. The van der Waals surface area contributed by atoms with Crippen LogP contribution in [0.4, 0.5) is 0 Å². The van der Waals surface area contributed by atoms with Gasteiger partial charge in [-0.2, -0.15) is 0 Å². The van der Waals surface area contributed by atoms with Gasteiger partial charge in [-0.3, -0.25) is 9.69 Å². The van der Waals surface area contributed by atoms with E-state index in [4.69, 9.17) is 9.47 Å². The Balaban J connectivity index is 1.87. The molecule has 0 saturated carbocycles. The number of hydrogen-bond acceptors (Lipinski definition) is 4. The number of benzene rings is 2. The standard InChI is InChI=1S/C19H21NO3/c1-15(21)23-19-18(17-10-6-3-7-11-17)20(12-13-22-19)14-16-8-4-2-5-9-16/h2-11,18-19H,12-14H2,1H3/t18-,19+/m0/s1. The zero-order chi connectivity index (χ0) is 16.1. The third-order valence-electron chi connectivity index (χ3n) is 3.96. The zero-order valence-corrected chi connectivity index (χ0v) is 13.2. The highest BCUT2D eigenvalue weighted by Gasteiger charge is 2.35. The second-order valence-electron chi connectivity index (χ2n) is 5.66. The Hall–Kier alpha value is -2.17. The van der Waals surface area contributed by atoms with Crippen molar-refractivity contribution < 1.29 is 14.3 Å². The molecular weight excluding hydrogens is 290 g/mol. The first kappa shape index (κ1) is 15.7. The Kier molecular flexibility index (Phi) is 5.05. The average Bonchev–Trinajstić information content (AvgIpc) is 2.56. The van der Waals surface area contributed by atoms with Gasteiger partial charge in [0.1, 0.15) is 0 Å². The van der Waals surface area contributed by atoms with Gasteiger partial charge in [0, 0.05) is 20.0 Å². The first-order valence-electron chi connectivity index (χ1n) is 7.86. The van der Waals surface area contributed by atoms with E-state index in [0.29, 0.717) is 6.61 Å². The highest BCUT2D eigenvalue weighted by Crippen LogP contribution is 2.31. The second kappa shape index (κ2) is 7.40. The topological polar surface area (TPSA) is 38.8 Å². The van der Waals surface area contributed by atoms with Crippen LogP contribution in [-0.2, 0) is 20.8 Å². The Bertz CT molecular complexity index is 630. The molecule has 4 nitrogen and oxygen atoms in total. The molecule has 0 bridgehead atoms. The van der Waals surface area contributed by atoms with Crippen molar-refractivity contribution in [2.45, 2.75) is 25.8 Å². The van der Waals surface area contributed by atoms with Crippen molar-refractivity contribution in [2.75, 3.05) is 13.2 Å². The van der Waals surface area contributed by atoms with Gasteiger partial charge in [-0.25, -0.2) is 0 Å². The SMILES string of the molecule is CC(=O)O[C@H]1OCCN(Cc2ccccc2)[C@H]1c1ccccc1. The van der Waals surface area contributed by atoms with Crippen LogP contribution in [0.2, 0.25) is 0 Å². The van der Waals surface area contributed by atoms with Crippen molar-refractivity contribution in [1.82, 2.24) is 4.90 Å².